The fourth-order valence-corrected chi connectivity index (χ4v) is 2.36. The molecular formula is C15H23NO2. The first-order valence-corrected chi connectivity index (χ1v) is 6.82. The fourth-order valence-electron chi connectivity index (χ4n) is 2.36. The molecule has 2 rings (SSSR count). The van der Waals surface area contributed by atoms with E-state index in [1.165, 1.54) is 19.3 Å². The lowest BCUT2D eigenvalue weighted by Gasteiger charge is -2.42. The third kappa shape index (κ3) is 3.16. The Morgan fingerprint density at radius 1 is 1.17 bits per heavy atom. The van der Waals surface area contributed by atoms with E-state index in [-0.39, 0.29) is 5.60 Å². The Labute approximate surface area is 109 Å². The van der Waals surface area contributed by atoms with E-state index in [1.807, 2.05) is 24.3 Å². The summed E-state index contributed by atoms with van der Waals surface area (Å²) in [5, 5.41) is 3.38. The predicted octanol–water partition coefficient (Wildman–Crippen LogP) is 3.00. The molecule has 0 aromatic heterocycles. The number of benzene rings is 1. The highest BCUT2D eigenvalue weighted by molar-refractivity contribution is 5.31. The molecule has 0 amide bonds. The summed E-state index contributed by atoms with van der Waals surface area (Å²) in [4.78, 5) is 0. The van der Waals surface area contributed by atoms with Gasteiger partial charge in [0, 0.05) is 0 Å². The molecule has 0 bridgehead atoms. The highest BCUT2D eigenvalue weighted by Crippen LogP contribution is 2.39. The fraction of sp³-hybridized carbons (Fsp3) is 0.600. The van der Waals surface area contributed by atoms with Crippen LogP contribution in [0, 0.1) is 0 Å². The summed E-state index contributed by atoms with van der Waals surface area (Å²) in [5.74, 6) is 1.82. The molecule has 1 fully saturated rings. The lowest BCUT2D eigenvalue weighted by atomic mass is 9.77. The van der Waals surface area contributed by atoms with Crippen molar-refractivity contribution >= 4 is 0 Å². The van der Waals surface area contributed by atoms with Crippen molar-refractivity contribution in [2.45, 2.75) is 38.2 Å². The molecule has 3 nitrogen and oxygen atoms in total. The summed E-state index contributed by atoms with van der Waals surface area (Å²) in [5.41, 5.74) is 0.0662. The molecule has 100 valence electrons. The smallest absolute Gasteiger partial charge is 0.120 e. The minimum atomic E-state index is 0.0662. The molecular weight excluding hydrogens is 226 g/mol. The van der Waals surface area contributed by atoms with Crippen LogP contribution in [0.4, 0.5) is 0 Å². The van der Waals surface area contributed by atoms with Crippen molar-refractivity contribution < 1.29 is 9.47 Å². The van der Waals surface area contributed by atoms with Crippen molar-refractivity contribution in [3.63, 3.8) is 0 Å². The molecule has 1 aliphatic rings. The second-order valence-corrected chi connectivity index (χ2v) is 4.92. The van der Waals surface area contributed by atoms with Crippen LogP contribution in [0.25, 0.3) is 0 Å². The van der Waals surface area contributed by atoms with Crippen molar-refractivity contribution in [3.05, 3.63) is 24.3 Å². The zero-order chi connectivity index (χ0) is 12.8. The molecule has 1 aromatic rings. The number of ether oxygens (including phenoxy) is 2. The van der Waals surface area contributed by atoms with Crippen LogP contribution in [0.2, 0.25) is 0 Å². The molecule has 18 heavy (non-hydrogen) atoms. The van der Waals surface area contributed by atoms with E-state index in [2.05, 4.69) is 12.2 Å². The van der Waals surface area contributed by atoms with Crippen LogP contribution >= 0.6 is 0 Å². The van der Waals surface area contributed by atoms with Crippen LogP contribution in [-0.2, 0) is 0 Å². The normalized spacial score (nSPS) is 17.0. The second-order valence-electron chi connectivity index (χ2n) is 4.92. The van der Waals surface area contributed by atoms with Gasteiger partial charge < -0.3 is 14.8 Å². The van der Waals surface area contributed by atoms with Gasteiger partial charge in [-0.2, -0.15) is 0 Å². The molecule has 0 heterocycles. The van der Waals surface area contributed by atoms with Gasteiger partial charge in [-0.15, -0.1) is 0 Å². The summed E-state index contributed by atoms with van der Waals surface area (Å²) in [7, 11) is 1.68. The van der Waals surface area contributed by atoms with Gasteiger partial charge in [-0.05, 0) is 63.0 Å². The molecule has 0 atom stereocenters. The number of rotatable bonds is 7. The summed E-state index contributed by atoms with van der Waals surface area (Å²) in [6.45, 7) is 4.20. The third-order valence-corrected chi connectivity index (χ3v) is 3.67. The summed E-state index contributed by atoms with van der Waals surface area (Å²) in [6, 6.07) is 7.89. The molecule has 1 aromatic carbocycles. The first-order chi connectivity index (χ1) is 8.78. The molecule has 0 saturated heterocycles. The Kier molecular flexibility index (Phi) is 4.48. The van der Waals surface area contributed by atoms with E-state index >= 15 is 0 Å². The average molecular weight is 249 g/mol. The largest absolute Gasteiger partial charge is 0.497 e. The zero-order valence-corrected chi connectivity index (χ0v) is 11.4. The minimum Gasteiger partial charge on any atom is -0.497 e. The lowest BCUT2D eigenvalue weighted by Crippen LogP contribution is -2.45. The van der Waals surface area contributed by atoms with Gasteiger partial charge in [0.1, 0.15) is 17.1 Å². The summed E-state index contributed by atoms with van der Waals surface area (Å²) in [6.07, 6.45) is 4.71. The molecule has 0 radical (unpaired) electrons. The topological polar surface area (TPSA) is 30.5 Å². The third-order valence-electron chi connectivity index (χ3n) is 3.67. The van der Waals surface area contributed by atoms with Crippen LogP contribution in [-0.4, -0.2) is 25.8 Å². The van der Waals surface area contributed by atoms with E-state index in [9.17, 15) is 0 Å². The summed E-state index contributed by atoms with van der Waals surface area (Å²) < 4.78 is 11.3. The standard InChI is InChI=1S/C15H23NO2/c1-3-16-12-11-15(9-4-10-15)18-14-7-5-13(17-2)6-8-14/h5-8,16H,3-4,9-12H2,1-2H3. The molecule has 1 aliphatic carbocycles. The second kappa shape index (κ2) is 6.10. The molecule has 0 unspecified atom stereocenters. The van der Waals surface area contributed by atoms with Gasteiger partial charge in [-0.1, -0.05) is 6.92 Å². The monoisotopic (exact) mass is 249 g/mol. The van der Waals surface area contributed by atoms with Crippen molar-refractivity contribution in [3.8, 4) is 11.5 Å². The SMILES string of the molecule is CCNCCC1(Oc2ccc(OC)cc2)CCC1. The Bertz CT molecular complexity index is 357. The van der Waals surface area contributed by atoms with Crippen LogP contribution in [0.1, 0.15) is 32.6 Å². The molecule has 0 aliphatic heterocycles. The Balaban J connectivity index is 1.92. The molecule has 1 N–H and O–H groups in total. The van der Waals surface area contributed by atoms with E-state index in [4.69, 9.17) is 9.47 Å². The van der Waals surface area contributed by atoms with Gasteiger partial charge in [0.25, 0.3) is 0 Å². The highest BCUT2D eigenvalue weighted by Gasteiger charge is 2.38. The Morgan fingerprint density at radius 3 is 2.33 bits per heavy atom. The van der Waals surface area contributed by atoms with Crippen LogP contribution in [0.5, 0.6) is 11.5 Å². The quantitative estimate of drug-likeness (QED) is 0.754. The molecule has 1 saturated carbocycles. The first-order valence-electron chi connectivity index (χ1n) is 6.82. The van der Waals surface area contributed by atoms with Gasteiger partial charge in [-0.3, -0.25) is 0 Å². The van der Waals surface area contributed by atoms with E-state index in [0.717, 1.165) is 31.0 Å². The van der Waals surface area contributed by atoms with Crippen molar-refractivity contribution in [2.24, 2.45) is 0 Å². The van der Waals surface area contributed by atoms with Gasteiger partial charge in [-0.25, -0.2) is 0 Å². The highest BCUT2D eigenvalue weighted by atomic mass is 16.5. The zero-order valence-electron chi connectivity index (χ0n) is 11.4. The Hall–Kier alpha value is -1.22. The van der Waals surface area contributed by atoms with Crippen molar-refractivity contribution in [1.82, 2.24) is 5.32 Å². The van der Waals surface area contributed by atoms with Gasteiger partial charge in [0.15, 0.2) is 0 Å². The van der Waals surface area contributed by atoms with E-state index < -0.39 is 0 Å². The molecule has 3 heteroatoms. The van der Waals surface area contributed by atoms with E-state index in [1.54, 1.807) is 7.11 Å². The van der Waals surface area contributed by atoms with Crippen molar-refractivity contribution in [1.29, 1.82) is 0 Å². The summed E-state index contributed by atoms with van der Waals surface area (Å²) >= 11 is 0. The van der Waals surface area contributed by atoms with Crippen LogP contribution in [0.3, 0.4) is 0 Å². The number of nitrogens with one attached hydrogen (secondary N) is 1. The lowest BCUT2D eigenvalue weighted by molar-refractivity contribution is -0.0141. The van der Waals surface area contributed by atoms with Gasteiger partial charge >= 0.3 is 0 Å². The number of hydrogen-bond donors (Lipinski definition) is 1. The van der Waals surface area contributed by atoms with Crippen molar-refractivity contribution in [2.75, 3.05) is 20.2 Å². The maximum Gasteiger partial charge on any atom is 0.120 e. The number of hydrogen-bond acceptors (Lipinski definition) is 3. The minimum absolute atomic E-state index is 0.0662. The van der Waals surface area contributed by atoms with Crippen LogP contribution in [0.15, 0.2) is 24.3 Å². The first kappa shape index (κ1) is 13.2. The maximum atomic E-state index is 6.19. The molecule has 0 spiro atoms. The Morgan fingerprint density at radius 2 is 1.83 bits per heavy atom. The van der Waals surface area contributed by atoms with Gasteiger partial charge in [0.2, 0.25) is 0 Å². The average Bonchev–Trinajstić information content (AvgIpc) is 2.37. The van der Waals surface area contributed by atoms with Gasteiger partial charge in [0.05, 0.1) is 7.11 Å². The maximum absolute atomic E-state index is 6.19. The predicted molar refractivity (Wildman–Crippen MR) is 73.4 cm³/mol. The van der Waals surface area contributed by atoms with E-state index in [0.29, 0.717) is 0 Å². The number of methoxy groups -OCH3 is 1. The van der Waals surface area contributed by atoms with Crippen LogP contribution < -0.4 is 14.8 Å².